The van der Waals surface area contributed by atoms with Crippen molar-refractivity contribution in [1.82, 2.24) is 0 Å². The van der Waals surface area contributed by atoms with Crippen molar-refractivity contribution in [2.45, 2.75) is 0 Å². The van der Waals surface area contributed by atoms with Gasteiger partial charge in [0.1, 0.15) is 34.5 Å². The Bertz CT molecular complexity index is 1640. The average molecular weight is 503 g/mol. The Labute approximate surface area is 216 Å². The Morgan fingerprint density at radius 2 is 0.895 bits per heavy atom. The van der Waals surface area contributed by atoms with E-state index in [2.05, 4.69) is 20.5 Å². The van der Waals surface area contributed by atoms with Crippen molar-refractivity contribution in [1.29, 1.82) is 10.8 Å². The van der Waals surface area contributed by atoms with Gasteiger partial charge in [-0.15, -0.1) is 10.2 Å². The fraction of sp³-hybridized carbons (Fsp3) is 0. The first-order valence-electron chi connectivity index (χ1n) is 11.4. The SMILES string of the molecule is N=C(N)c1ccc(N=Nc2c(O)ccc3cc4c(N=Nc5ccc(C(=N)N)cc5)c(O)ccc4cc23)cc1. The van der Waals surface area contributed by atoms with Gasteiger partial charge in [0.2, 0.25) is 0 Å². The second kappa shape index (κ2) is 9.78. The minimum atomic E-state index is -0.0390. The van der Waals surface area contributed by atoms with Crippen LogP contribution in [0.15, 0.2) is 105 Å². The highest BCUT2D eigenvalue weighted by atomic mass is 16.3. The molecule has 5 aromatic rings. The van der Waals surface area contributed by atoms with Crippen LogP contribution in [0.4, 0.5) is 22.7 Å². The molecule has 10 heteroatoms. The van der Waals surface area contributed by atoms with E-state index in [1.165, 1.54) is 12.1 Å². The third-order valence-electron chi connectivity index (χ3n) is 5.95. The highest BCUT2D eigenvalue weighted by Gasteiger charge is 2.12. The standard InChI is InChI=1S/C28H22N8O2/c29-27(30)15-1-7-19(8-2-15)33-35-25-21-13-18-6-12-24(38)26(22(18)14-17(21)5-11-23(25)37)36-34-20-9-3-16(4-10-20)28(31)32/h1-14,37-38H,(H3,29,30)(H3,31,32). The number of phenolic OH excluding ortho intramolecular Hbond substituents is 2. The monoisotopic (exact) mass is 502 g/mol. The van der Waals surface area contributed by atoms with Crippen molar-refractivity contribution in [2.24, 2.45) is 31.9 Å². The molecule has 0 spiro atoms. The number of azo groups is 2. The first-order valence-corrected chi connectivity index (χ1v) is 11.4. The highest BCUT2D eigenvalue weighted by Crippen LogP contribution is 2.42. The second-order valence-electron chi connectivity index (χ2n) is 8.48. The first-order chi connectivity index (χ1) is 18.3. The number of nitrogens with zero attached hydrogens (tertiary/aromatic N) is 4. The van der Waals surface area contributed by atoms with Crippen molar-refractivity contribution in [3.05, 3.63) is 96.1 Å². The maximum absolute atomic E-state index is 10.5. The number of nitrogens with one attached hydrogen (secondary N) is 2. The molecule has 0 aliphatic rings. The molecule has 0 saturated heterocycles. The van der Waals surface area contributed by atoms with E-state index in [0.29, 0.717) is 44.6 Å². The van der Waals surface area contributed by atoms with E-state index in [9.17, 15) is 10.2 Å². The summed E-state index contributed by atoms with van der Waals surface area (Å²) >= 11 is 0. The summed E-state index contributed by atoms with van der Waals surface area (Å²) in [5.74, 6) is -0.145. The zero-order valence-corrected chi connectivity index (χ0v) is 19.9. The van der Waals surface area contributed by atoms with Gasteiger partial charge in [0.05, 0.1) is 11.4 Å². The molecule has 0 bridgehead atoms. The third-order valence-corrected chi connectivity index (χ3v) is 5.95. The van der Waals surface area contributed by atoms with Gasteiger partial charge in [-0.05, 0) is 83.6 Å². The molecule has 186 valence electrons. The van der Waals surface area contributed by atoms with Crippen molar-refractivity contribution in [3.8, 4) is 11.5 Å². The van der Waals surface area contributed by atoms with E-state index in [1.54, 1.807) is 60.7 Å². The van der Waals surface area contributed by atoms with E-state index in [0.717, 1.165) is 10.8 Å². The van der Waals surface area contributed by atoms with Gasteiger partial charge in [0, 0.05) is 21.9 Å². The Hall–Kier alpha value is -5.64. The molecule has 0 fully saturated rings. The number of hydrogen-bond donors (Lipinski definition) is 6. The van der Waals surface area contributed by atoms with Gasteiger partial charge >= 0.3 is 0 Å². The van der Waals surface area contributed by atoms with Crippen LogP contribution in [0.5, 0.6) is 11.5 Å². The van der Waals surface area contributed by atoms with Gasteiger partial charge in [-0.25, -0.2) is 0 Å². The molecule has 0 aromatic heterocycles. The molecule has 0 radical (unpaired) electrons. The Kier molecular flexibility index (Phi) is 6.20. The summed E-state index contributed by atoms with van der Waals surface area (Å²) in [5.41, 5.74) is 13.8. The minimum Gasteiger partial charge on any atom is -0.506 e. The lowest BCUT2D eigenvalue weighted by atomic mass is 10.0. The number of amidine groups is 2. The number of fused-ring (bicyclic) bond motifs is 2. The number of nitrogens with two attached hydrogens (primary N) is 2. The molecule has 5 aromatic carbocycles. The van der Waals surface area contributed by atoms with Crippen LogP contribution in [0.25, 0.3) is 21.5 Å². The molecule has 0 saturated carbocycles. The summed E-state index contributed by atoms with van der Waals surface area (Å²) in [7, 11) is 0. The van der Waals surface area contributed by atoms with Crippen molar-refractivity contribution in [3.63, 3.8) is 0 Å². The largest absolute Gasteiger partial charge is 0.506 e. The predicted molar refractivity (Wildman–Crippen MR) is 148 cm³/mol. The van der Waals surface area contributed by atoms with E-state index in [-0.39, 0.29) is 23.2 Å². The van der Waals surface area contributed by atoms with Crippen LogP contribution in [0.3, 0.4) is 0 Å². The van der Waals surface area contributed by atoms with Gasteiger partial charge in [0.25, 0.3) is 0 Å². The third kappa shape index (κ3) is 4.73. The maximum atomic E-state index is 10.5. The zero-order valence-electron chi connectivity index (χ0n) is 19.9. The van der Waals surface area contributed by atoms with Crippen LogP contribution in [0.2, 0.25) is 0 Å². The summed E-state index contributed by atoms with van der Waals surface area (Å²) in [6.45, 7) is 0. The van der Waals surface area contributed by atoms with E-state index in [4.69, 9.17) is 22.3 Å². The number of aromatic hydroxyl groups is 2. The molecule has 0 unspecified atom stereocenters. The quantitative estimate of drug-likeness (QED) is 0.0644. The normalized spacial score (nSPS) is 11.6. The Morgan fingerprint density at radius 3 is 1.24 bits per heavy atom. The molecule has 0 aliphatic heterocycles. The van der Waals surface area contributed by atoms with Gasteiger partial charge < -0.3 is 21.7 Å². The van der Waals surface area contributed by atoms with Crippen LogP contribution >= 0.6 is 0 Å². The lowest BCUT2D eigenvalue weighted by Crippen LogP contribution is -2.10. The van der Waals surface area contributed by atoms with E-state index < -0.39 is 0 Å². The van der Waals surface area contributed by atoms with Gasteiger partial charge in [0.15, 0.2) is 0 Å². The summed E-state index contributed by atoms with van der Waals surface area (Å²) in [6.07, 6.45) is 0. The van der Waals surface area contributed by atoms with Crippen molar-refractivity contribution < 1.29 is 10.2 Å². The summed E-state index contributed by atoms with van der Waals surface area (Å²) in [4.78, 5) is 0. The second-order valence-corrected chi connectivity index (χ2v) is 8.48. The molecule has 38 heavy (non-hydrogen) atoms. The van der Waals surface area contributed by atoms with Crippen LogP contribution in [-0.4, -0.2) is 21.9 Å². The van der Waals surface area contributed by atoms with Crippen LogP contribution < -0.4 is 11.5 Å². The molecular formula is C28H22N8O2. The number of nitrogen functional groups attached to an aromatic ring is 2. The molecule has 0 aliphatic carbocycles. The highest BCUT2D eigenvalue weighted by molar-refractivity contribution is 6.08. The summed E-state index contributed by atoms with van der Waals surface area (Å²) in [6, 6.07) is 23.7. The van der Waals surface area contributed by atoms with E-state index in [1.807, 2.05) is 12.1 Å². The number of rotatable bonds is 6. The summed E-state index contributed by atoms with van der Waals surface area (Å²) in [5, 5.41) is 56.0. The molecular weight excluding hydrogens is 480 g/mol. The fourth-order valence-electron chi connectivity index (χ4n) is 3.93. The topological polar surface area (TPSA) is 190 Å². The molecule has 10 nitrogen and oxygen atoms in total. The van der Waals surface area contributed by atoms with Gasteiger partial charge in [-0.1, -0.05) is 12.1 Å². The number of phenols is 2. The van der Waals surface area contributed by atoms with Crippen molar-refractivity contribution in [2.75, 3.05) is 0 Å². The van der Waals surface area contributed by atoms with Crippen LogP contribution in [0.1, 0.15) is 11.1 Å². The molecule has 8 N–H and O–H groups in total. The Morgan fingerprint density at radius 1 is 0.526 bits per heavy atom. The van der Waals surface area contributed by atoms with E-state index >= 15 is 0 Å². The molecule has 0 atom stereocenters. The predicted octanol–water partition coefficient (Wildman–Crippen LogP) is 6.80. The molecule has 0 amide bonds. The lowest BCUT2D eigenvalue weighted by Gasteiger charge is -2.09. The smallest absolute Gasteiger partial charge is 0.143 e. The van der Waals surface area contributed by atoms with Crippen LogP contribution in [0, 0.1) is 10.8 Å². The minimum absolute atomic E-state index is 0.0337. The fourth-order valence-corrected chi connectivity index (χ4v) is 3.93. The maximum Gasteiger partial charge on any atom is 0.143 e. The average Bonchev–Trinajstić information content (AvgIpc) is 2.91. The van der Waals surface area contributed by atoms with Gasteiger partial charge in [-0.3, -0.25) is 10.8 Å². The zero-order chi connectivity index (χ0) is 26.8. The summed E-state index contributed by atoms with van der Waals surface area (Å²) < 4.78 is 0. The molecule has 5 rings (SSSR count). The number of benzene rings is 5. The van der Waals surface area contributed by atoms with Gasteiger partial charge in [-0.2, -0.15) is 10.2 Å². The van der Waals surface area contributed by atoms with Crippen molar-refractivity contribution >= 4 is 56.0 Å². The molecule has 0 heterocycles. The number of hydrogen-bond acceptors (Lipinski definition) is 8. The first kappa shape index (κ1) is 24.1. The lowest BCUT2D eigenvalue weighted by molar-refractivity contribution is 0.476. The Balaban J connectivity index is 1.55. The van der Waals surface area contributed by atoms with Crippen LogP contribution in [-0.2, 0) is 0 Å².